The highest BCUT2D eigenvalue weighted by Crippen LogP contribution is 2.37. The third-order valence-electron chi connectivity index (χ3n) is 2.78. The van der Waals surface area contributed by atoms with Crippen molar-refractivity contribution in [1.82, 2.24) is 15.3 Å². The van der Waals surface area contributed by atoms with Gasteiger partial charge in [0, 0.05) is 5.54 Å². The first-order chi connectivity index (χ1) is 10.4. The maximum Gasteiger partial charge on any atom is 0.321 e. The lowest BCUT2D eigenvalue weighted by Crippen LogP contribution is -2.43. The minimum absolute atomic E-state index is 0.239. The van der Waals surface area contributed by atoms with Crippen LogP contribution in [0.1, 0.15) is 20.8 Å². The Balaban J connectivity index is 1.94. The fraction of sp³-hybridized carbons (Fsp3) is 0.357. The van der Waals surface area contributed by atoms with E-state index in [2.05, 4.69) is 20.6 Å². The Kier molecular flexibility index (Phi) is 4.00. The third-order valence-corrected chi connectivity index (χ3v) is 5.98. The zero-order valence-corrected chi connectivity index (χ0v) is 15.1. The standard InChI is InChI=1S/C14H16N4OS3/c1-14(2,3)18-11(19)17-12-15-7-5-6-8-10(9(7)21-12)22-13(16-8)20-4/h5-6H,1-4H3,(H2,15,17,18,19). The number of nitrogens with one attached hydrogen (secondary N) is 2. The minimum Gasteiger partial charge on any atom is -0.333 e. The SMILES string of the molecule is CSc1nc2ccc3nc(NC(=O)NC(C)(C)C)sc3c2s1. The van der Waals surface area contributed by atoms with Gasteiger partial charge in [-0.05, 0) is 39.2 Å². The van der Waals surface area contributed by atoms with Gasteiger partial charge in [-0.1, -0.05) is 23.1 Å². The molecule has 2 aromatic heterocycles. The molecule has 116 valence electrons. The van der Waals surface area contributed by atoms with Gasteiger partial charge in [-0.15, -0.1) is 11.3 Å². The molecule has 0 fully saturated rings. The fourth-order valence-corrected chi connectivity index (χ4v) is 4.62. The topological polar surface area (TPSA) is 66.9 Å². The van der Waals surface area contributed by atoms with Crippen molar-refractivity contribution >= 4 is 66.0 Å². The predicted molar refractivity (Wildman–Crippen MR) is 96.5 cm³/mol. The van der Waals surface area contributed by atoms with Crippen LogP contribution in [0.15, 0.2) is 16.5 Å². The van der Waals surface area contributed by atoms with Gasteiger partial charge in [-0.2, -0.15) is 0 Å². The molecule has 0 atom stereocenters. The molecule has 0 saturated carbocycles. The van der Waals surface area contributed by atoms with E-state index in [-0.39, 0.29) is 11.6 Å². The summed E-state index contributed by atoms with van der Waals surface area (Å²) in [5.74, 6) is 0. The van der Waals surface area contributed by atoms with Crippen LogP contribution >= 0.6 is 34.4 Å². The van der Waals surface area contributed by atoms with Crippen LogP contribution in [0.2, 0.25) is 0 Å². The molecule has 2 heterocycles. The molecule has 2 amide bonds. The van der Waals surface area contributed by atoms with Gasteiger partial charge in [0.15, 0.2) is 9.47 Å². The lowest BCUT2D eigenvalue weighted by atomic mass is 10.1. The van der Waals surface area contributed by atoms with E-state index in [1.54, 1.807) is 23.1 Å². The number of carbonyl (C=O) groups is 1. The van der Waals surface area contributed by atoms with Crippen molar-refractivity contribution < 1.29 is 4.79 Å². The summed E-state index contributed by atoms with van der Waals surface area (Å²) in [6.07, 6.45) is 2.02. The molecule has 0 saturated heterocycles. The summed E-state index contributed by atoms with van der Waals surface area (Å²) < 4.78 is 3.24. The summed E-state index contributed by atoms with van der Waals surface area (Å²) in [5, 5.41) is 6.28. The van der Waals surface area contributed by atoms with Gasteiger partial charge in [-0.25, -0.2) is 14.8 Å². The molecule has 0 bridgehead atoms. The highest BCUT2D eigenvalue weighted by Gasteiger charge is 2.16. The van der Waals surface area contributed by atoms with Crippen molar-refractivity contribution in [2.24, 2.45) is 0 Å². The predicted octanol–water partition coefficient (Wildman–Crippen LogP) is 4.55. The molecular formula is C14H16N4OS3. The van der Waals surface area contributed by atoms with Crippen molar-refractivity contribution in [2.75, 3.05) is 11.6 Å². The average Bonchev–Trinajstić information content (AvgIpc) is 2.97. The number of amides is 2. The number of carbonyl (C=O) groups excluding carboxylic acids is 1. The Morgan fingerprint density at radius 3 is 2.41 bits per heavy atom. The van der Waals surface area contributed by atoms with E-state index in [0.717, 1.165) is 24.8 Å². The first-order valence-corrected chi connectivity index (χ1v) is 9.55. The second-order valence-electron chi connectivity index (χ2n) is 5.79. The van der Waals surface area contributed by atoms with E-state index in [1.807, 2.05) is 39.2 Å². The average molecular weight is 353 g/mol. The van der Waals surface area contributed by atoms with Crippen molar-refractivity contribution in [2.45, 2.75) is 30.6 Å². The number of urea groups is 1. The monoisotopic (exact) mass is 352 g/mol. The van der Waals surface area contributed by atoms with Crippen LogP contribution in [0.4, 0.5) is 9.93 Å². The maximum absolute atomic E-state index is 12.0. The summed E-state index contributed by atoms with van der Waals surface area (Å²) in [6, 6.07) is 3.69. The third kappa shape index (κ3) is 3.18. The number of aromatic nitrogens is 2. The van der Waals surface area contributed by atoms with Gasteiger partial charge in [0.1, 0.15) is 0 Å². The van der Waals surface area contributed by atoms with Crippen molar-refractivity contribution in [3.05, 3.63) is 12.1 Å². The number of benzene rings is 1. The van der Waals surface area contributed by atoms with E-state index in [9.17, 15) is 4.79 Å². The molecule has 5 nitrogen and oxygen atoms in total. The molecule has 0 radical (unpaired) electrons. The largest absolute Gasteiger partial charge is 0.333 e. The van der Waals surface area contributed by atoms with Gasteiger partial charge in [0.25, 0.3) is 0 Å². The molecule has 3 rings (SSSR count). The molecule has 0 aliphatic rings. The van der Waals surface area contributed by atoms with Crippen molar-refractivity contribution in [1.29, 1.82) is 0 Å². The van der Waals surface area contributed by atoms with Crippen LogP contribution in [0.3, 0.4) is 0 Å². The Hall–Kier alpha value is -1.38. The summed E-state index contributed by atoms with van der Waals surface area (Å²) in [4.78, 5) is 21.0. The number of nitrogens with zero attached hydrogens (tertiary/aromatic N) is 2. The van der Waals surface area contributed by atoms with Crippen LogP contribution in [-0.2, 0) is 0 Å². The Morgan fingerprint density at radius 1 is 1.14 bits per heavy atom. The summed E-state index contributed by atoms with van der Waals surface area (Å²) in [7, 11) is 0. The minimum atomic E-state index is -0.279. The Bertz CT molecular complexity index is 847. The smallest absolute Gasteiger partial charge is 0.321 e. The highest BCUT2D eigenvalue weighted by molar-refractivity contribution is 8.00. The molecule has 22 heavy (non-hydrogen) atoms. The molecule has 0 aliphatic carbocycles. The molecule has 2 N–H and O–H groups in total. The van der Waals surface area contributed by atoms with Crippen LogP contribution < -0.4 is 10.6 Å². The number of rotatable bonds is 2. The number of fused-ring (bicyclic) bond motifs is 3. The van der Waals surface area contributed by atoms with Gasteiger partial charge in [0.05, 0.1) is 20.4 Å². The lowest BCUT2D eigenvalue weighted by Gasteiger charge is -2.19. The molecule has 0 unspecified atom stereocenters. The molecule has 0 aliphatic heterocycles. The molecular weight excluding hydrogens is 336 g/mol. The normalized spacial score (nSPS) is 12.0. The fourth-order valence-electron chi connectivity index (χ4n) is 1.96. The molecule has 3 aromatic rings. The quantitative estimate of drug-likeness (QED) is 0.664. The van der Waals surface area contributed by atoms with E-state index in [1.165, 1.54) is 11.3 Å². The summed E-state index contributed by atoms with van der Waals surface area (Å²) >= 11 is 4.78. The summed E-state index contributed by atoms with van der Waals surface area (Å²) in [5.41, 5.74) is 1.59. The van der Waals surface area contributed by atoms with Gasteiger partial charge >= 0.3 is 6.03 Å². The maximum atomic E-state index is 12.0. The zero-order chi connectivity index (χ0) is 15.9. The molecule has 0 spiro atoms. The van der Waals surface area contributed by atoms with Gasteiger partial charge < -0.3 is 5.32 Å². The number of hydrogen-bond donors (Lipinski definition) is 2. The van der Waals surface area contributed by atoms with Gasteiger partial charge in [-0.3, -0.25) is 5.32 Å². The Morgan fingerprint density at radius 2 is 1.77 bits per heavy atom. The van der Waals surface area contributed by atoms with Crippen molar-refractivity contribution in [3.63, 3.8) is 0 Å². The second-order valence-corrected chi connectivity index (χ2v) is 8.85. The number of thioether (sulfide) groups is 1. The first kappa shape index (κ1) is 15.5. The van der Waals surface area contributed by atoms with Crippen LogP contribution in [0.5, 0.6) is 0 Å². The number of hydrogen-bond acceptors (Lipinski definition) is 6. The highest BCUT2D eigenvalue weighted by atomic mass is 32.2. The van der Waals surface area contributed by atoms with E-state index >= 15 is 0 Å². The number of thiazole rings is 2. The first-order valence-electron chi connectivity index (χ1n) is 6.69. The van der Waals surface area contributed by atoms with E-state index in [0.29, 0.717) is 5.13 Å². The van der Waals surface area contributed by atoms with E-state index in [4.69, 9.17) is 0 Å². The van der Waals surface area contributed by atoms with Gasteiger partial charge in [0.2, 0.25) is 0 Å². The lowest BCUT2D eigenvalue weighted by molar-refractivity contribution is 0.244. The van der Waals surface area contributed by atoms with Crippen molar-refractivity contribution in [3.8, 4) is 0 Å². The van der Waals surface area contributed by atoms with Crippen LogP contribution in [0.25, 0.3) is 20.4 Å². The Labute approximate surface area is 140 Å². The number of anilines is 1. The van der Waals surface area contributed by atoms with Crippen LogP contribution in [-0.4, -0.2) is 27.8 Å². The molecule has 8 heteroatoms. The molecule has 1 aromatic carbocycles. The van der Waals surface area contributed by atoms with E-state index < -0.39 is 0 Å². The van der Waals surface area contributed by atoms with Crippen LogP contribution in [0, 0.1) is 0 Å². The zero-order valence-electron chi connectivity index (χ0n) is 12.7. The second kappa shape index (κ2) is 5.68. The summed E-state index contributed by atoms with van der Waals surface area (Å²) in [6.45, 7) is 5.82.